The van der Waals surface area contributed by atoms with Gasteiger partial charge in [0, 0.05) is 11.6 Å². The summed E-state index contributed by atoms with van der Waals surface area (Å²) in [5.74, 6) is 0. The monoisotopic (exact) mass is 214 g/mol. The average molecular weight is 214 g/mol. The SMILES string of the molecule is CCCNCCc1cccc2cccnc12. The maximum Gasteiger partial charge on any atom is 0.0734 e. The molecule has 0 saturated carbocycles. The highest BCUT2D eigenvalue weighted by Gasteiger charge is 2.00. The number of hydrogen-bond acceptors (Lipinski definition) is 2. The molecule has 0 aliphatic heterocycles. The van der Waals surface area contributed by atoms with Crippen molar-refractivity contribution in [2.24, 2.45) is 0 Å². The molecule has 0 radical (unpaired) electrons. The van der Waals surface area contributed by atoms with Gasteiger partial charge in [-0.25, -0.2) is 0 Å². The van der Waals surface area contributed by atoms with Crippen LogP contribution in [0.2, 0.25) is 0 Å². The van der Waals surface area contributed by atoms with E-state index in [0.717, 1.165) is 25.0 Å². The first-order valence-electron chi connectivity index (χ1n) is 5.95. The van der Waals surface area contributed by atoms with Gasteiger partial charge in [0.2, 0.25) is 0 Å². The Hall–Kier alpha value is -1.41. The third kappa shape index (κ3) is 2.58. The Morgan fingerprint density at radius 1 is 1.12 bits per heavy atom. The molecule has 2 rings (SSSR count). The van der Waals surface area contributed by atoms with Gasteiger partial charge in [-0.3, -0.25) is 4.98 Å². The number of nitrogens with zero attached hydrogens (tertiary/aromatic N) is 1. The molecular weight excluding hydrogens is 196 g/mol. The van der Waals surface area contributed by atoms with Crippen molar-refractivity contribution in [2.75, 3.05) is 13.1 Å². The van der Waals surface area contributed by atoms with E-state index in [-0.39, 0.29) is 0 Å². The van der Waals surface area contributed by atoms with Gasteiger partial charge >= 0.3 is 0 Å². The van der Waals surface area contributed by atoms with Crippen LogP contribution in [0.25, 0.3) is 10.9 Å². The van der Waals surface area contributed by atoms with Crippen LogP contribution in [0, 0.1) is 0 Å². The fourth-order valence-electron chi connectivity index (χ4n) is 1.89. The minimum Gasteiger partial charge on any atom is -0.316 e. The van der Waals surface area contributed by atoms with Crippen LogP contribution in [0.15, 0.2) is 36.5 Å². The van der Waals surface area contributed by atoms with Crippen LogP contribution in [0.5, 0.6) is 0 Å². The summed E-state index contributed by atoms with van der Waals surface area (Å²) < 4.78 is 0. The summed E-state index contributed by atoms with van der Waals surface area (Å²) in [5, 5.41) is 4.65. The molecule has 0 atom stereocenters. The van der Waals surface area contributed by atoms with Crippen LogP contribution >= 0.6 is 0 Å². The lowest BCUT2D eigenvalue weighted by Crippen LogP contribution is -2.17. The average Bonchev–Trinajstić information content (AvgIpc) is 2.35. The molecule has 1 aromatic carbocycles. The van der Waals surface area contributed by atoms with E-state index in [9.17, 15) is 0 Å². The van der Waals surface area contributed by atoms with E-state index in [4.69, 9.17) is 0 Å². The Labute approximate surface area is 96.7 Å². The molecule has 2 aromatic rings. The summed E-state index contributed by atoms with van der Waals surface area (Å²) in [7, 11) is 0. The fourth-order valence-corrected chi connectivity index (χ4v) is 1.89. The summed E-state index contributed by atoms with van der Waals surface area (Å²) in [5.41, 5.74) is 2.48. The number of rotatable bonds is 5. The third-order valence-corrected chi connectivity index (χ3v) is 2.71. The van der Waals surface area contributed by atoms with Crippen LogP contribution in [0.4, 0.5) is 0 Å². The minimum atomic E-state index is 1.03. The van der Waals surface area contributed by atoms with Gasteiger partial charge in [-0.1, -0.05) is 31.2 Å². The molecular formula is C14H18N2. The first kappa shape index (κ1) is 11.1. The summed E-state index contributed by atoms with van der Waals surface area (Å²) in [6.45, 7) is 4.31. The second-order valence-electron chi connectivity index (χ2n) is 3.99. The van der Waals surface area contributed by atoms with Gasteiger partial charge in [-0.05, 0) is 37.6 Å². The lowest BCUT2D eigenvalue weighted by Gasteiger charge is -2.06. The van der Waals surface area contributed by atoms with E-state index in [0.29, 0.717) is 0 Å². The highest BCUT2D eigenvalue weighted by Crippen LogP contribution is 2.15. The number of para-hydroxylation sites is 1. The van der Waals surface area contributed by atoms with Crippen LogP contribution in [0.1, 0.15) is 18.9 Å². The Bertz CT molecular complexity index is 446. The van der Waals surface area contributed by atoms with Crippen LogP contribution in [0.3, 0.4) is 0 Å². The molecule has 2 heteroatoms. The van der Waals surface area contributed by atoms with Gasteiger partial charge in [0.05, 0.1) is 5.52 Å². The number of nitrogens with one attached hydrogen (secondary N) is 1. The number of hydrogen-bond donors (Lipinski definition) is 1. The molecule has 0 aliphatic carbocycles. The Morgan fingerprint density at radius 3 is 2.88 bits per heavy atom. The molecule has 84 valence electrons. The van der Waals surface area contributed by atoms with Gasteiger partial charge in [0.1, 0.15) is 0 Å². The first-order valence-corrected chi connectivity index (χ1v) is 5.95. The Balaban J connectivity index is 2.11. The predicted molar refractivity (Wildman–Crippen MR) is 68.6 cm³/mol. The zero-order valence-electron chi connectivity index (χ0n) is 9.74. The molecule has 0 aliphatic rings. The lowest BCUT2D eigenvalue weighted by molar-refractivity contribution is 0.672. The van der Waals surface area contributed by atoms with E-state index in [1.807, 2.05) is 12.3 Å². The van der Waals surface area contributed by atoms with Crippen molar-refractivity contribution in [1.82, 2.24) is 10.3 Å². The molecule has 0 unspecified atom stereocenters. The minimum absolute atomic E-state index is 1.03. The predicted octanol–water partition coefficient (Wildman–Crippen LogP) is 2.78. The van der Waals surface area contributed by atoms with Crippen molar-refractivity contribution in [2.45, 2.75) is 19.8 Å². The van der Waals surface area contributed by atoms with E-state index >= 15 is 0 Å². The van der Waals surface area contributed by atoms with E-state index in [1.165, 1.54) is 17.4 Å². The highest BCUT2D eigenvalue weighted by molar-refractivity contribution is 5.81. The van der Waals surface area contributed by atoms with Crippen molar-refractivity contribution < 1.29 is 0 Å². The smallest absolute Gasteiger partial charge is 0.0734 e. The van der Waals surface area contributed by atoms with Crippen LogP contribution < -0.4 is 5.32 Å². The molecule has 0 spiro atoms. The zero-order valence-corrected chi connectivity index (χ0v) is 9.74. The number of aromatic nitrogens is 1. The summed E-state index contributed by atoms with van der Waals surface area (Å²) in [4.78, 5) is 4.45. The highest BCUT2D eigenvalue weighted by atomic mass is 14.8. The molecule has 16 heavy (non-hydrogen) atoms. The number of fused-ring (bicyclic) bond motifs is 1. The van der Waals surface area contributed by atoms with E-state index in [2.05, 4.69) is 41.5 Å². The van der Waals surface area contributed by atoms with E-state index < -0.39 is 0 Å². The maximum atomic E-state index is 4.45. The molecule has 2 nitrogen and oxygen atoms in total. The molecule has 0 amide bonds. The summed E-state index contributed by atoms with van der Waals surface area (Å²) in [6.07, 6.45) is 4.10. The van der Waals surface area contributed by atoms with Gasteiger partial charge < -0.3 is 5.32 Å². The molecule has 0 fully saturated rings. The van der Waals surface area contributed by atoms with Gasteiger partial charge in [-0.2, -0.15) is 0 Å². The lowest BCUT2D eigenvalue weighted by atomic mass is 10.1. The Morgan fingerprint density at radius 2 is 2.00 bits per heavy atom. The van der Waals surface area contributed by atoms with Crippen molar-refractivity contribution >= 4 is 10.9 Å². The van der Waals surface area contributed by atoms with Crippen molar-refractivity contribution in [3.8, 4) is 0 Å². The normalized spacial score (nSPS) is 10.8. The van der Waals surface area contributed by atoms with Crippen LogP contribution in [-0.4, -0.2) is 18.1 Å². The third-order valence-electron chi connectivity index (χ3n) is 2.71. The van der Waals surface area contributed by atoms with E-state index in [1.54, 1.807) is 0 Å². The second-order valence-corrected chi connectivity index (χ2v) is 3.99. The maximum absolute atomic E-state index is 4.45. The number of pyridine rings is 1. The standard InChI is InChI=1S/C14H18N2/c1-2-9-15-11-8-13-6-3-5-12-7-4-10-16-14(12)13/h3-7,10,15H,2,8-9,11H2,1H3. The van der Waals surface area contributed by atoms with Gasteiger partial charge in [0.15, 0.2) is 0 Å². The second kappa shape index (κ2) is 5.61. The molecule has 1 heterocycles. The summed E-state index contributed by atoms with van der Waals surface area (Å²) in [6, 6.07) is 10.5. The van der Waals surface area contributed by atoms with Crippen molar-refractivity contribution in [3.05, 3.63) is 42.1 Å². The molecule has 0 saturated heterocycles. The van der Waals surface area contributed by atoms with Gasteiger partial charge in [-0.15, -0.1) is 0 Å². The van der Waals surface area contributed by atoms with Crippen LogP contribution in [-0.2, 0) is 6.42 Å². The van der Waals surface area contributed by atoms with Crippen molar-refractivity contribution in [3.63, 3.8) is 0 Å². The molecule has 1 N–H and O–H groups in total. The first-order chi connectivity index (χ1) is 7.92. The van der Waals surface area contributed by atoms with Crippen molar-refractivity contribution in [1.29, 1.82) is 0 Å². The number of benzene rings is 1. The van der Waals surface area contributed by atoms with Gasteiger partial charge in [0.25, 0.3) is 0 Å². The molecule has 0 bridgehead atoms. The quantitative estimate of drug-likeness (QED) is 0.774. The Kier molecular flexibility index (Phi) is 3.89. The topological polar surface area (TPSA) is 24.9 Å². The largest absolute Gasteiger partial charge is 0.316 e. The summed E-state index contributed by atoms with van der Waals surface area (Å²) >= 11 is 0. The zero-order chi connectivity index (χ0) is 11.2. The fraction of sp³-hybridized carbons (Fsp3) is 0.357. The molecule has 1 aromatic heterocycles.